The maximum absolute atomic E-state index is 0. The summed E-state index contributed by atoms with van der Waals surface area (Å²) in [5.74, 6) is 0. The molecule has 0 amide bonds. The van der Waals surface area contributed by atoms with Crippen LogP contribution < -0.4 is 23.5 Å². The Kier molecular flexibility index (Phi) is 9690. The van der Waals surface area contributed by atoms with E-state index in [9.17, 15) is 0 Å². The summed E-state index contributed by atoms with van der Waals surface area (Å²) in [4.78, 5) is 0. The molecule has 0 aromatic heterocycles. The van der Waals surface area contributed by atoms with Crippen LogP contribution in [-0.4, -0.2) is 0 Å². The molecule has 0 atom stereocenters. The van der Waals surface area contributed by atoms with Crippen LogP contribution in [-0.2, 0) is 44.8 Å². The molecular weight excluding hydrogens is 281 g/mol. The van der Waals surface area contributed by atoms with E-state index in [4.69, 9.17) is 0 Å². The molecule has 0 aliphatic heterocycles. The molecule has 0 spiro atoms. The first-order chi connectivity index (χ1) is 0. The van der Waals surface area contributed by atoms with Crippen LogP contribution >= 0.6 is 0 Å². The van der Waals surface area contributed by atoms with Crippen LogP contribution in [0.1, 0.15) is 0 Å². The van der Waals surface area contributed by atoms with E-state index in [-0.39, 0.29) is 68.3 Å². The molecule has 0 bridgehead atoms. The summed E-state index contributed by atoms with van der Waals surface area (Å²) in [5, 5.41) is 0. The van der Waals surface area contributed by atoms with Gasteiger partial charge in [0.15, 0.2) is 0 Å². The van der Waals surface area contributed by atoms with E-state index in [1.54, 1.807) is 0 Å². The second kappa shape index (κ2) is 210. The largest absolute Gasteiger partial charge is 5.00 e. The maximum atomic E-state index is 0. The molecule has 0 saturated heterocycles. The van der Waals surface area contributed by atoms with Gasteiger partial charge < -0.3 is 23.5 Å². The van der Waals surface area contributed by atoms with Crippen molar-refractivity contribution < 1.29 is 68.3 Å². The van der Waals surface area contributed by atoms with E-state index in [0.29, 0.717) is 0 Å². The monoisotopic (exact) mass is 281 g/mol. The van der Waals surface area contributed by atoms with Crippen LogP contribution in [0.2, 0.25) is 0 Å². The Morgan fingerprint density at radius 1 is 0.286 bits per heavy atom. The molecule has 0 aliphatic rings. The summed E-state index contributed by atoms with van der Waals surface area (Å²) in [5.41, 5.74) is 0. The molecule has 0 fully saturated rings. The van der Waals surface area contributed by atoms with Gasteiger partial charge in [-0.15, -0.1) is 0 Å². The van der Waals surface area contributed by atoms with E-state index in [0.717, 1.165) is 0 Å². The Balaban J connectivity index is 0. The van der Waals surface area contributed by atoms with Gasteiger partial charge in [0, 0.05) is 0 Å². The van der Waals surface area contributed by atoms with Crippen LogP contribution in [0.3, 0.4) is 0 Å². The van der Waals surface area contributed by atoms with Gasteiger partial charge in [-0.2, -0.15) is 0 Å². The molecule has 0 aliphatic carbocycles. The fraction of sp³-hybridized carbons (Fsp3) is 0. The zero-order chi connectivity index (χ0) is 0. The molecule has 0 aromatic carbocycles. The number of rotatable bonds is 0. The SMILES string of the molecule is [F-].[F-].[F-].[F-].[F-].[Nb+5].[Nb+5]. The Morgan fingerprint density at radius 3 is 0.286 bits per heavy atom. The van der Waals surface area contributed by atoms with Gasteiger partial charge in [0.2, 0.25) is 0 Å². The molecule has 0 saturated carbocycles. The first kappa shape index (κ1) is 323. The second-order valence-electron chi connectivity index (χ2n) is 0. The molecule has 0 unspecified atom stereocenters. The summed E-state index contributed by atoms with van der Waals surface area (Å²) >= 11 is 0. The molecule has 7 heteroatoms. The summed E-state index contributed by atoms with van der Waals surface area (Å²) in [6.45, 7) is 0. The predicted molar refractivity (Wildman–Crippen MR) is 0 cm³/mol. The van der Waals surface area contributed by atoms with E-state index in [1.807, 2.05) is 0 Å². The van der Waals surface area contributed by atoms with Gasteiger partial charge in [-0.25, -0.2) is 0 Å². The molecule has 0 rings (SSSR count). The minimum atomic E-state index is 0. The van der Waals surface area contributed by atoms with Crippen molar-refractivity contribution in [2.24, 2.45) is 0 Å². The number of hydrogen-bond donors (Lipinski definition) is 0. The zero-order valence-electron chi connectivity index (χ0n) is 2.78. The maximum Gasteiger partial charge on any atom is 5.00 e. The first-order valence-corrected chi connectivity index (χ1v) is 0. The average molecular weight is 281 g/mol. The summed E-state index contributed by atoms with van der Waals surface area (Å²) in [7, 11) is 0. The van der Waals surface area contributed by atoms with Crippen LogP contribution in [0.15, 0.2) is 0 Å². The van der Waals surface area contributed by atoms with Crippen molar-refractivity contribution in [1.29, 1.82) is 0 Å². The Bertz CT molecular complexity index is 6.04. The van der Waals surface area contributed by atoms with Gasteiger partial charge in [0.05, 0.1) is 0 Å². The molecule has 0 radical (unpaired) electrons. The third-order valence-electron chi connectivity index (χ3n) is 0. The van der Waals surface area contributed by atoms with Crippen LogP contribution in [0.25, 0.3) is 0 Å². The first-order valence-electron chi connectivity index (χ1n) is 0. The quantitative estimate of drug-likeness (QED) is 0.305. The molecule has 0 N–H and O–H groups in total. The molecule has 0 heterocycles. The molecule has 0 nitrogen and oxygen atoms in total. The van der Waals surface area contributed by atoms with Gasteiger partial charge in [-0.3, -0.25) is 0 Å². The van der Waals surface area contributed by atoms with Crippen molar-refractivity contribution in [3.05, 3.63) is 0 Å². The van der Waals surface area contributed by atoms with Crippen LogP contribution in [0.5, 0.6) is 0 Å². The van der Waals surface area contributed by atoms with E-state index in [1.165, 1.54) is 0 Å². The van der Waals surface area contributed by atoms with Crippen molar-refractivity contribution in [3.8, 4) is 0 Å². The summed E-state index contributed by atoms with van der Waals surface area (Å²) in [6, 6.07) is 0. The molecular formula is F5Nb2+5. The molecule has 0 aromatic rings. The van der Waals surface area contributed by atoms with Gasteiger partial charge in [0.25, 0.3) is 0 Å². The Hall–Kier alpha value is 1.13. The molecule has 40 valence electrons. The van der Waals surface area contributed by atoms with E-state index < -0.39 is 0 Å². The topological polar surface area (TPSA) is 0 Å². The smallest absolute Gasteiger partial charge is 1.00 e. The van der Waals surface area contributed by atoms with E-state index >= 15 is 0 Å². The third kappa shape index (κ3) is 147. The average Bonchev–Trinajstić information content (AvgIpc) is 0. The van der Waals surface area contributed by atoms with Crippen molar-refractivity contribution in [3.63, 3.8) is 0 Å². The fourth-order valence-corrected chi connectivity index (χ4v) is 0. The van der Waals surface area contributed by atoms with E-state index in [2.05, 4.69) is 0 Å². The van der Waals surface area contributed by atoms with Crippen molar-refractivity contribution >= 4 is 0 Å². The van der Waals surface area contributed by atoms with Gasteiger partial charge in [-0.05, 0) is 0 Å². The van der Waals surface area contributed by atoms with Gasteiger partial charge in [0.1, 0.15) is 0 Å². The number of halogens is 5. The van der Waals surface area contributed by atoms with Crippen molar-refractivity contribution in [2.75, 3.05) is 0 Å². The normalized spacial score (nSPS) is 0. The summed E-state index contributed by atoms with van der Waals surface area (Å²) in [6.07, 6.45) is 0. The molecule has 7 heavy (non-hydrogen) atoms. The third-order valence-corrected chi connectivity index (χ3v) is 0. The van der Waals surface area contributed by atoms with Crippen molar-refractivity contribution in [2.45, 2.75) is 0 Å². The Labute approximate surface area is 68.3 Å². The zero-order valence-corrected chi connectivity index (χ0v) is 7.18. The minimum absolute atomic E-state index is 0. The Morgan fingerprint density at radius 2 is 0.286 bits per heavy atom. The minimum Gasteiger partial charge on any atom is -1.00 e. The summed E-state index contributed by atoms with van der Waals surface area (Å²) < 4.78 is 0. The van der Waals surface area contributed by atoms with Crippen molar-refractivity contribution in [1.82, 2.24) is 0 Å². The number of hydrogen-bond acceptors (Lipinski definition) is 0. The van der Waals surface area contributed by atoms with Gasteiger partial charge >= 0.3 is 44.8 Å². The fourth-order valence-electron chi connectivity index (χ4n) is 0. The van der Waals surface area contributed by atoms with Crippen LogP contribution in [0.4, 0.5) is 0 Å². The van der Waals surface area contributed by atoms with Crippen LogP contribution in [0, 0.1) is 0 Å². The standard InChI is InChI=1S/5FH.2Nb/h5*1H;;/q;;;;;2*+5/p-5. The predicted octanol–water partition coefficient (Wildman–Crippen LogP) is -15.0. The van der Waals surface area contributed by atoms with Gasteiger partial charge in [-0.1, -0.05) is 0 Å². The second-order valence-corrected chi connectivity index (χ2v) is 0.